The molecular formula is C15H15N3O. The van der Waals surface area contributed by atoms with Gasteiger partial charge in [0.2, 0.25) is 0 Å². The monoisotopic (exact) mass is 253 g/mol. The number of aromatic hydroxyl groups is 1. The molecule has 3 rings (SSSR count). The van der Waals surface area contributed by atoms with Crippen LogP contribution in [0.1, 0.15) is 11.4 Å². The summed E-state index contributed by atoms with van der Waals surface area (Å²) in [4.78, 5) is 8.93. The van der Waals surface area contributed by atoms with Crippen molar-refractivity contribution < 1.29 is 5.11 Å². The minimum Gasteiger partial charge on any atom is -0.508 e. The molecule has 0 amide bonds. The quantitative estimate of drug-likeness (QED) is 0.780. The first-order chi connectivity index (χ1) is 9.24. The lowest BCUT2D eigenvalue weighted by molar-refractivity contribution is 0.475. The Bertz CT molecular complexity index is 701. The Morgan fingerprint density at radius 2 is 1.89 bits per heavy atom. The number of phenols is 1. The average molecular weight is 253 g/mol. The highest BCUT2D eigenvalue weighted by Crippen LogP contribution is 2.15. The van der Waals surface area contributed by atoms with E-state index in [0.717, 1.165) is 29.8 Å². The van der Waals surface area contributed by atoms with Crippen LogP contribution in [-0.4, -0.2) is 19.6 Å². The maximum atomic E-state index is 9.26. The molecule has 0 fully saturated rings. The van der Waals surface area contributed by atoms with Crippen molar-refractivity contribution in [3.63, 3.8) is 0 Å². The molecule has 96 valence electrons. The maximum absolute atomic E-state index is 9.26. The van der Waals surface area contributed by atoms with E-state index in [-0.39, 0.29) is 0 Å². The number of nitrogens with zero attached hydrogens (tertiary/aromatic N) is 3. The van der Waals surface area contributed by atoms with Crippen LogP contribution in [0.15, 0.2) is 42.6 Å². The average Bonchev–Trinajstić information content (AvgIpc) is 2.76. The van der Waals surface area contributed by atoms with Crippen LogP contribution in [0.4, 0.5) is 0 Å². The standard InChI is InChI=1S/C15H15N3O/c1-18-14(17-13-3-2-10-16-15(13)18)9-6-11-4-7-12(19)8-5-11/h2-5,7-8,10,19H,6,9H2,1H3. The molecule has 1 N–H and O–H groups in total. The van der Waals surface area contributed by atoms with Crippen LogP contribution >= 0.6 is 0 Å². The Morgan fingerprint density at radius 1 is 1.11 bits per heavy atom. The van der Waals surface area contributed by atoms with Crippen molar-refractivity contribution >= 4 is 11.2 Å². The van der Waals surface area contributed by atoms with E-state index in [4.69, 9.17) is 0 Å². The number of aromatic nitrogens is 3. The second-order valence-corrected chi connectivity index (χ2v) is 4.60. The van der Waals surface area contributed by atoms with Gasteiger partial charge in [-0.3, -0.25) is 0 Å². The highest BCUT2D eigenvalue weighted by molar-refractivity contribution is 5.70. The lowest BCUT2D eigenvalue weighted by atomic mass is 10.1. The number of benzene rings is 1. The van der Waals surface area contributed by atoms with Crippen molar-refractivity contribution in [3.8, 4) is 5.75 Å². The normalized spacial score (nSPS) is 11.0. The van der Waals surface area contributed by atoms with Gasteiger partial charge in [0.1, 0.15) is 17.1 Å². The van der Waals surface area contributed by atoms with Crippen molar-refractivity contribution in [1.82, 2.24) is 14.5 Å². The van der Waals surface area contributed by atoms with Gasteiger partial charge in [-0.1, -0.05) is 12.1 Å². The Labute approximate surface area is 111 Å². The molecule has 0 bridgehead atoms. The fourth-order valence-electron chi connectivity index (χ4n) is 2.21. The van der Waals surface area contributed by atoms with Crippen LogP contribution in [-0.2, 0) is 19.9 Å². The summed E-state index contributed by atoms with van der Waals surface area (Å²) in [7, 11) is 1.99. The topological polar surface area (TPSA) is 50.9 Å². The van der Waals surface area contributed by atoms with E-state index >= 15 is 0 Å². The molecule has 1 aromatic carbocycles. The van der Waals surface area contributed by atoms with E-state index in [1.54, 1.807) is 18.3 Å². The van der Waals surface area contributed by atoms with E-state index in [1.165, 1.54) is 5.56 Å². The van der Waals surface area contributed by atoms with Crippen molar-refractivity contribution in [2.24, 2.45) is 7.05 Å². The summed E-state index contributed by atoms with van der Waals surface area (Å²) in [6.07, 6.45) is 3.54. The van der Waals surface area contributed by atoms with Crippen molar-refractivity contribution in [1.29, 1.82) is 0 Å². The third-order valence-electron chi connectivity index (χ3n) is 3.29. The summed E-state index contributed by atoms with van der Waals surface area (Å²) in [6.45, 7) is 0. The van der Waals surface area contributed by atoms with Gasteiger partial charge in [-0.05, 0) is 36.2 Å². The molecule has 0 unspecified atom stereocenters. The Balaban J connectivity index is 1.82. The van der Waals surface area contributed by atoms with E-state index in [0.29, 0.717) is 5.75 Å². The number of imidazole rings is 1. The number of pyridine rings is 1. The van der Waals surface area contributed by atoms with E-state index in [9.17, 15) is 5.11 Å². The predicted molar refractivity (Wildman–Crippen MR) is 74.0 cm³/mol. The molecular weight excluding hydrogens is 238 g/mol. The zero-order valence-electron chi connectivity index (χ0n) is 10.7. The third-order valence-corrected chi connectivity index (χ3v) is 3.29. The molecule has 0 aliphatic rings. The molecule has 0 spiro atoms. The van der Waals surface area contributed by atoms with Crippen LogP contribution in [0.2, 0.25) is 0 Å². The fraction of sp³-hybridized carbons (Fsp3) is 0.200. The second-order valence-electron chi connectivity index (χ2n) is 4.60. The van der Waals surface area contributed by atoms with E-state index in [1.807, 2.05) is 35.9 Å². The molecule has 3 aromatic rings. The second kappa shape index (κ2) is 4.72. The number of phenolic OH excluding ortho intramolecular Hbond substituents is 1. The predicted octanol–water partition coefficient (Wildman–Crippen LogP) is 2.46. The molecule has 19 heavy (non-hydrogen) atoms. The lowest BCUT2D eigenvalue weighted by Gasteiger charge is -2.02. The van der Waals surface area contributed by atoms with Crippen LogP contribution in [0.3, 0.4) is 0 Å². The number of hydrogen-bond acceptors (Lipinski definition) is 3. The first-order valence-electron chi connectivity index (χ1n) is 6.28. The van der Waals surface area contributed by atoms with Gasteiger partial charge in [0.25, 0.3) is 0 Å². The SMILES string of the molecule is Cn1c(CCc2ccc(O)cc2)nc2cccnc21. The third kappa shape index (κ3) is 2.29. The van der Waals surface area contributed by atoms with E-state index in [2.05, 4.69) is 9.97 Å². The molecule has 0 saturated heterocycles. The van der Waals surface area contributed by atoms with Gasteiger partial charge in [0.15, 0.2) is 5.65 Å². The molecule has 0 aliphatic heterocycles. The molecule has 0 radical (unpaired) electrons. The van der Waals surface area contributed by atoms with Crippen LogP contribution < -0.4 is 0 Å². The largest absolute Gasteiger partial charge is 0.508 e. The van der Waals surface area contributed by atoms with Gasteiger partial charge in [-0.25, -0.2) is 9.97 Å². The van der Waals surface area contributed by atoms with Gasteiger partial charge in [-0.15, -0.1) is 0 Å². The smallest absolute Gasteiger partial charge is 0.159 e. The zero-order chi connectivity index (χ0) is 13.2. The summed E-state index contributed by atoms with van der Waals surface area (Å²) in [6, 6.07) is 11.2. The Morgan fingerprint density at radius 3 is 2.63 bits per heavy atom. The van der Waals surface area contributed by atoms with Gasteiger partial charge >= 0.3 is 0 Å². The number of rotatable bonds is 3. The van der Waals surface area contributed by atoms with E-state index < -0.39 is 0 Å². The molecule has 2 aromatic heterocycles. The van der Waals surface area contributed by atoms with Crippen LogP contribution in [0.5, 0.6) is 5.75 Å². The number of hydrogen-bond donors (Lipinski definition) is 1. The molecule has 0 aliphatic carbocycles. The van der Waals surface area contributed by atoms with Gasteiger partial charge < -0.3 is 9.67 Å². The summed E-state index contributed by atoms with van der Waals surface area (Å²) < 4.78 is 2.04. The summed E-state index contributed by atoms with van der Waals surface area (Å²) in [5.41, 5.74) is 3.05. The fourth-order valence-corrected chi connectivity index (χ4v) is 2.21. The van der Waals surface area contributed by atoms with Gasteiger partial charge in [0.05, 0.1) is 0 Å². The maximum Gasteiger partial charge on any atom is 0.159 e. The van der Waals surface area contributed by atoms with Crippen molar-refractivity contribution in [3.05, 3.63) is 54.0 Å². The highest BCUT2D eigenvalue weighted by Gasteiger charge is 2.08. The Kier molecular flexibility index (Phi) is 2.91. The minimum atomic E-state index is 0.302. The summed E-state index contributed by atoms with van der Waals surface area (Å²) in [5.74, 6) is 1.33. The van der Waals surface area contributed by atoms with Crippen molar-refractivity contribution in [2.75, 3.05) is 0 Å². The number of aryl methyl sites for hydroxylation is 3. The molecule has 2 heterocycles. The van der Waals surface area contributed by atoms with Crippen molar-refractivity contribution in [2.45, 2.75) is 12.8 Å². The molecule has 4 heteroatoms. The van der Waals surface area contributed by atoms with Gasteiger partial charge in [-0.2, -0.15) is 0 Å². The zero-order valence-corrected chi connectivity index (χ0v) is 10.7. The summed E-state index contributed by atoms with van der Waals surface area (Å²) in [5, 5.41) is 9.26. The van der Waals surface area contributed by atoms with Crippen LogP contribution in [0, 0.1) is 0 Å². The van der Waals surface area contributed by atoms with Gasteiger partial charge in [0, 0.05) is 19.7 Å². The number of fused-ring (bicyclic) bond motifs is 1. The highest BCUT2D eigenvalue weighted by atomic mass is 16.3. The Hall–Kier alpha value is -2.36. The molecule has 4 nitrogen and oxygen atoms in total. The molecule has 0 atom stereocenters. The van der Waals surface area contributed by atoms with Crippen LogP contribution in [0.25, 0.3) is 11.2 Å². The first-order valence-corrected chi connectivity index (χ1v) is 6.28. The lowest BCUT2D eigenvalue weighted by Crippen LogP contribution is -2.00. The summed E-state index contributed by atoms with van der Waals surface area (Å²) >= 11 is 0. The minimum absolute atomic E-state index is 0.302. The first kappa shape index (κ1) is 11.7. The molecule has 0 saturated carbocycles.